The van der Waals surface area contributed by atoms with E-state index >= 15 is 0 Å². The van der Waals surface area contributed by atoms with E-state index in [9.17, 15) is 4.79 Å². The third kappa shape index (κ3) is 3.37. The lowest BCUT2D eigenvalue weighted by molar-refractivity contribution is 0.0778. The van der Waals surface area contributed by atoms with Gasteiger partial charge in [-0.2, -0.15) is 5.26 Å². The topological polar surface area (TPSA) is 59.9 Å². The van der Waals surface area contributed by atoms with Gasteiger partial charge in [-0.25, -0.2) is 0 Å². The zero-order valence-electron chi connectivity index (χ0n) is 11.9. The predicted octanol–water partition coefficient (Wildman–Crippen LogP) is 2.78. The number of H-pyrrole nitrogens is 1. The summed E-state index contributed by atoms with van der Waals surface area (Å²) in [5.74, 6) is 0.604. The number of nitrogens with one attached hydrogen (secondary N) is 1. The number of nitrogens with zero attached hydrogens (tertiary/aromatic N) is 2. The van der Waals surface area contributed by atoms with E-state index in [0.29, 0.717) is 22.7 Å². The van der Waals surface area contributed by atoms with Crippen molar-refractivity contribution in [2.24, 2.45) is 11.3 Å². The highest BCUT2D eigenvalue weighted by Crippen LogP contribution is 2.30. The molecule has 1 amide bonds. The summed E-state index contributed by atoms with van der Waals surface area (Å²) >= 11 is 0. The summed E-state index contributed by atoms with van der Waals surface area (Å²) in [5, 5.41) is 8.76. The molecule has 4 nitrogen and oxygen atoms in total. The number of hydrogen-bond acceptors (Lipinski definition) is 2. The van der Waals surface area contributed by atoms with Gasteiger partial charge in [0.05, 0.1) is 0 Å². The van der Waals surface area contributed by atoms with Crippen LogP contribution in [0.25, 0.3) is 0 Å². The normalized spacial score (nSPS) is 19.5. The summed E-state index contributed by atoms with van der Waals surface area (Å²) in [7, 11) is 0. The summed E-state index contributed by atoms with van der Waals surface area (Å²) < 4.78 is 0. The second-order valence-corrected chi connectivity index (χ2v) is 6.57. The van der Waals surface area contributed by atoms with Crippen LogP contribution in [0.4, 0.5) is 0 Å². The van der Waals surface area contributed by atoms with Gasteiger partial charge in [-0.15, -0.1) is 0 Å². The quantitative estimate of drug-likeness (QED) is 0.887. The first-order valence-corrected chi connectivity index (χ1v) is 6.77. The maximum Gasteiger partial charge on any atom is 0.270 e. The Labute approximate surface area is 114 Å². The van der Waals surface area contributed by atoms with E-state index in [0.717, 1.165) is 25.9 Å². The largest absolute Gasteiger partial charge is 0.342 e. The molecule has 1 aromatic heterocycles. The van der Waals surface area contributed by atoms with Gasteiger partial charge in [0, 0.05) is 13.1 Å². The lowest BCUT2D eigenvalue weighted by Crippen LogP contribution is -2.29. The van der Waals surface area contributed by atoms with Crippen LogP contribution in [0, 0.1) is 22.7 Å². The molecule has 0 aliphatic carbocycles. The van der Waals surface area contributed by atoms with E-state index in [4.69, 9.17) is 5.26 Å². The molecule has 4 heteroatoms. The van der Waals surface area contributed by atoms with Gasteiger partial charge < -0.3 is 9.88 Å². The first-order chi connectivity index (χ1) is 8.89. The van der Waals surface area contributed by atoms with Gasteiger partial charge in [0.25, 0.3) is 5.91 Å². The van der Waals surface area contributed by atoms with Crippen LogP contribution in [0.15, 0.2) is 12.1 Å². The molecule has 1 aliphatic heterocycles. The molecule has 2 rings (SSSR count). The maximum absolute atomic E-state index is 12.3. The van der Waals surface area contributed by atoms with Crippen LogP contribution in [0.2, 0.25) is 0 Å². The Bertz CT molecular complexity index is 504. The van der Waals surface area contributed by atoms with Crippen LogP contribution >= 0.6 is 0 Å². The van der Waals surface area contributed by atoms with E-state index in [1.807, 2.05) is 11.0 Å². The van der Waals surface area contributed by atoms with Crippen LogP contribution in [0.1, 0.15) is 49.8 Å². The van der Waals surface area contributed by atoms with Gasteiger partial charge in [-0.05, 0) is 36.3 Å². The van der Waals surface area contributed by atoms with E-state index < -0.39 is 0 Å². The fraction of sp³-hybridized carbons (Fsp3) is 0.600. The number of amides is 1. The second-order valence-electron chi connectivity index (χ2n) is 6.57. The summed E-state index contributed by atoms with van der Waals surface area (Å²) in [5.41, 5.74) is 1.27. The molecule has 102 valence electrons. The number of carbonyl (C=O) groups excluding carboxylic acids is 1. The van der Waals surface area contributed by atoms with Crippen LogP contribution in [0.5, 0.6) is 0 Å². The first-order valence-electron chi connectivity index (χ1n) is 6.77. The highest BCUT2D eigenvalue weighted by atomic mass is 16.2. The summed E-state index contributed by atoms with van der Waals surface area (Å²) in [4.78, 5) is 17.0. The van der Waals surface area contributed by atoms with Crippen molar-refractivity contribution in [3.8, 4) is 6.07 Å². The molecule has 0 saturated carbocycles. The Morgan fingerprint density at radius 2 is 2.26 bits per heavy atom. The molecule has 1 saturated heterocycles. The number of carbonyl (C=O) groups is 1. The zero-order valence-corrected chi connectivity index (χ0v) is 11.9. The number of likely N-dealkylation sites (tertiary alicyclic amines) is 1. The lowest BCUT2D eigenvalue weighted by atomic mass is 9.84. The summed E-state index contributed by atoms with van der Waals surface area (Å²) in [6.07, 6.45) is 2.22. The molecule has 1 atom stereocenters. The van der Waals surface area contributed by atoms with Gasteiger partial charge in [0.1, 0.15) is 17.5 Å². The Kier molecular flexibility index (Phi) is 3.66. The molecule has 0 spiro atoms. The number of hydrogen-bond donors (Lipinski definition) is 1. The SMILES string of the molecule is CC(C)(C)CC1CCN(C(=O)c2ccc(C#N)[nH]2)C1. The van der Waals surface area contributed by atoms with Crippen molar-refractivity contribution in [3.63, 3.8) is 0 Å². The van der Waals surface area contributed by atoms with Crippen molar-refractivity contribution in [3.05, 3.63) is 23.5 Å². The van der Waals surface area contributed by atoms with Crippen molar-refractivity contribution in [1.82, 2.24) is 9.88 Å². The molecule has 0 radical (unpaired) electrons. The average molecular weight is 259 g/mol. The highest BCUT2D eigenvalue weighted by Gasteiger charge is 2.30. The third-order valence-corrected chi connectivity index (χ3v) is 3.51. The van der Waals surface area contributed by atoms with E-state index in [-0.39, 0.29) is 5.91 Å². The molecule has 0 aromatic carbocycles. The minimum Gasteiger partial charge on any atom is -0.342 e. The minimum atomic E-state index is 0.0120. The molecule has 1 fully saturated rings. The molecular weight excluding hydrogens is 238 g/mol. The smallest absolute Gasteiger partial charge is 0.270 e. The fourth-order valence-corrected chi connectivity index (χ4v) is 2.81. The van der Waals surface area contributed by atoms with Gasteiger partial charge in [0.2, 0.25) is 0 Å². The number of aromatic nitrogens is 1. The third-order valence-electron chi connectivity index (χ3n) is 3.51. The summed E-state index contributed by atoms with van der Waals surface area (Å²) in [6, 6.07) is 5.35. The van der Waals surface area contributed by atoms with Crippen molar-refractivity contribution in [1.29, 1.82) is 5.26 Å². The van der Waals surface area contributed by atoms with Gasteiger partial charge in [-0.3, -0.25) is 4.79 Å². The van der Waals surface area contributed by atoms with Crippen LogP contribution in [0.3, 0.4) is 0 Å². The van der Waals surface area contributed by atoms with Crippen molar-refractivity contribution in [2.75, 3.05) is 13.1 Å². The second kappa shape index (κ2) is 5.08. The average Bonchev–Trinajstić information content (AvgIpc) is 2.94. The standard InChI is InChI=1S/C15H21N3O/c1-15(2,3)8-11-6-7-18(10-11)14(19)13-5-4-12(9-16)17-13/h4-5,11,17H,6-8,10H2,1-3H3. The molecule has 0 bridgehead atoms. The van der Waals surface area contributed by atoms with Crippen molar-refractivity contribution < 1.29 is 4.79 Å². The molecule has 1 N–H and O–H groups in total. The van der Waals surface area contributed by atoms with Crippen molar-refractivity contribution in [2.45, 2.75) is 33.6 Å². The monoisotopic (exact) mass is 259 g/mol. The van der Waals surface area contributed by atoms with Gasteiger partial charge >= 0.3 is 0 Å². The van der Waals surface area contributed by atoms with E-state index in [1.165, 1.54) is 0 Å². The Hall–Kier alpha value is -1.76. The summed E-state index contributed by atoms with van der Waals surface area (Å²) in [6.45, 7) is 8.36. The number of rotatable bonds is 2. The van der Waals surface area contributed by atoms with Gasteiger partial charge in [0.15, 0.2) is 0 Å². The molecule has 1 aromatic rings. The van der Waals surface area contributed by atoms with Crippen molar-refractivity contribution >= 4 is 5.91 Å². The van der Waals surface area contributed by atoms with E-state index in [2.05, 4.69) is 25.8 Å². The zero-order chi connectivity index (χ0) is 14.0. The van der Waals surface area contributed by atoms with Gasteiger partial charge in [-0.1, -0.05) is 20.8 Å². The number of nitriles is 1. The maximum atomic E-state index is 12.3. The Balaban J connectivity index is 1.97. The lowest BCUT2D eigenvalue weighted by Gasteiger charge is -2.23. The van der Waals surface area contributed by atoms with Crippen LogP contribution in [-0.2, 0) is 0 Å². The van der Waals surface area contributed by atoms with Crippen LogP contribution in [-0.4, -0.2) is 28.9 Å². The molecule has 2 heterocycles. The fourth-order valence-electron chi connectivity index (χ4n) is 2.81. The molecule has 1 unspecified atom stereocenters. The Morgan fingerprint density at radius 1 is 1.53 bits per heavy atom. The highest BCUT2D eigenvalue weighted by molar-refractivity contribution is 5.92. The molecule has 19 heavy (non-hydrogen) atoms. The first kappa shape index (κ1) is 13.7. The minimum absolute atomic E-state index is 0.0120. The number of aromatic amines is 1. The van der Waals surface area contributed by atoms with E-state index in [1.54, 1.807) is 12.1 Å². The predicted molar refractivity (Wildman–Crippen MR) is 73.6 cm³/mol. The Morgan fingerprint density at radius 3 is 2.84 bits per heavy atom. The molecular formula is C15H21N3O. The molecule has 1 aliphatic rings. The van der Waals surface area contributed by atoms with Crippen LogP contribution < -0.4 is 0 Å².